The van der Waals surface area contributed by atoms with E-state index in [4.69, 9.17) is 0 Å². The molecule has 2 aliphatic rings. The van der Waals surface area contributed by atoms with Crippen molar-refractivity contribution in [2.75, 3.05) is 11.1 Å². The smallest absolute Gasteiger partial charge is 0.237 e. The average molecular weight is 383 g/mol. The molecule has 0 saturated heterocycles. The maximum Gasteiger partial charge on any atom is 0.237 e. The first-order valence-corrected chi connectivity index (χ1v) is 11.0. The van der Waals surface area contributed by atoms with E-state index in [1.54, 1.807) is 19.1 Å². The zero-order valence-electron chi connectivity index (χ0n) is 14.1. The summed E-state index contributed by atoms with van der Waals surface area (Å²) in [5.74, 6) is -0.587. The zero-order valence-corrected chi connectivity index (χ0v) is 15.7. The van der Waals surface area contributed by atoms with Gasteiger partial charge in [0, 0.05) is 17.4 Å². The van der Waals surface area contributed by atoms with Gasteiger partial charge in [0.15, 0.2) is 9.84 Å². The summed E-state index contributed by atoms with van der Waals surface area (Å²) in [6, 6.07) is 4.92. The van der Waals surface area contributed by atoms with E-state index in [9.17, 15) is 18.0 Å². The summed E-state index contributed by atoms with van der Waals surface area (Å²) in [6.07, 6.45) is 4.12. The highest BCUT2D eigenvalue weighted by atomic mass is 32.2. The molecular weight excluding hydrogens is 360 g/mol. The molecule has 136 valence electrons. The van der Waals surface area contributed by atoms with Gasteiger partial charge in [0.1, 0.15) is 0 Å². The van der Waals surface area contributed by atoms with Crippen molar-refractivity contribution < 1.29 is 18.0 Å². The first-order valence-electron chi connectivity index (χ1n) is 8.49. The Morgan fingerprint density at radius 1 is 1.32 bits per heavy atom. The van der Waals surface area contributed by atoms with E-state index < -0.39 is 9.84 Å². The molecule has 1 aromatic carbocycles. The Morgan fingerprint density at radius 2 is 2.04 bits per heavy atom. The van der Waals surface area contributed by atoms with E-state index in [0.29, 0.717) is 5.69 Å². The summed E-state index contributed by atoms with van der Waals surface area (Å²) >= 11 is 1.40. The molecule has 1 atom stereocenters. The quantitative estimate of drug-likeness (QED) is 0.815. The number of carbonyl (C=O) groups excluding carboxylic acids is 2. The lowest BCUT2D eigenvalue weighted by molar-refractivity contribution is -0.121. The van der Waals surface area contributed by atoms with Crippen molar-refractivity contribution in [2.45, 2.75) is 60.1 Å². The minimum absolute atomic E-state index is 0.0476. The van der Waals surface area contributed by atoms with Crippen LogP contribution in [-0.4, -0.2) is 37.3 Å². The van der Waals surface area contributed by atoms with Gasteiger partial charge >= 0.3 is 0 Å². The van der Waals surface area contributed by atoms with Gasteiger partial charge < -0.3 is 10.6 Å². The normalized spacial score (nSPS) is 20.8. The molecule has 1 aromatic rings. The molecule has 1 aliphatic heterocycles. The van der Waals surface area contributed by atoms with Crippen molar-refractivity contribution in [3.63, 3.8) is 0 Å². The summed E-state index contributed by atoms with van der Waals surface area (Å²) in [7, 11) is -3.57. The number of nitrogens with one attached hydrogen (secondary N) is 2. The molecule has 0 bridgehead atoms. The summed E-state index contributed by atoms with van der Waals surface area (Å²) in [5.41, 5.74) is 0.518. The van der Waals surface area contributed by atoms with Crippen molar-refractivity contribution in [3.8, 4) is 0 Å². The largest absolute Gasteiger partial charge is 0.353 e. The predicted molar refractivity (Wildman–Crippen MR) is 97.5 cm³/mol. The SMILES string of the molecule is CC1Sc2ccc(S(=O)(=O)CCC(=O)NC3CCCC3)cc2NC1=O. The van der Waals surface area contributed by atoms with Crippen LogP contribution < -0.4 is 10.6 Å². The number of hydrogen-bond donors (Lipinski definition) is 2. The zero-order chi connectivity index (χ0) is 18.0. The first kappa shape index (κ1) is 18.3. The minimum Gasteiger partial charge on any atom is -0.353 e. The fourth-order valence-electron chi connectivity index (χ4n) is 3.10. The third kappa shape index (κ3) is 4.36. The van der Waals surface area contributed by atoms with Gasteiger partial charge in [-0.15, -0.1) is 11.8 Å². The number of benzene rings is 1. The molecule has 1 heterocycles. The Kier molecular flexibility index (Phi) is 5.38. The molecule has 1 aliphatic carbocycles. The molecule has 1 fully saturated rings. The highest BCUT2D eigenvalue weighted by Crippen LogP contribution is 2.36. The lowest BCUT2D eigenvalue weighted by Crippen LogP contribution is -2.33. The van der Waals surface area contributed by atoms with Gasteiger partial charge in [-0.25, -0.2) is 8.42 Å². The summed E-state index contributed by atoms with van der Waals surface area (Å²) in [6.45, 7) is 1.80. The van der Waals surface area contributed by atoms with Gasteiger partial charge in [-0.3, -0.25) is 9.59 Å². The van der Waals surface area contributed by atoms with Crippen molar-refractivity contribution in [2.24, 2.45) is 0 Å². The number of thioether (sulfide) groups is 1. The highest BCUT2D eigenvalue weighted by Gasteiger charge is 2.25. The molecule has 2 amide bonds. The van der Waals surface area contributed by atoms with E-state index >= 15 is 0 Å². The Bertz CT molecular complexity index is 786. The molecule has 3 rings (SSSR count). The fraction of sp³-hybridized carbons (Fsp3) is 0.529. The van der Waals surface area contributed by atoms with Crippen LogP contribution in [0.1, 0.15) is 39.0 Å². The maximum atomic E-state index is 12.5. The van der Waals surface area contributed by atoms with E-state index in [-0.39, 0.29) is 40.2 Å². The number of anilines is 1. The number of rotatable bonds is 5. The van der Waals surface area contributed by atoms with E-state index in [1.807, 2.05) is 0 Å². The molecule has 1 unspecified atom stereocenters. The van der Waals surface area contributed by atoms with Crippen molar-refractivity contribution >= 4 is 39.1 Å². The monoisotopic (exact) mass is 382 g/mol. The van der Waals surface area contributed by atoms with Gasteiger partial charge in [0.2, 0.25) is 11.8 Å². The van der Waals surface area contributed by atoms with Crippen LogP contribution in [0.15, 0.2) is 28.0 Å². The average Bonchev–Trinajstić information content (AvgIpc) is 3.06. The highest BCUT2D eigenvalue weighted by molar-refractivity contribution is 8.01. The molecule has 0 radical (unpaired) electrons. The number of fused-ring (bicyclic) bond motifs is 1. The van der Waals surface area contributed by atoms with Crippen LogP contribution in [0.5, 0.6) is 0 Å². The second-order valence-corrected chi connectivity index (χ2v) is 10.0. The lowest BCUT2D eigenvalue weighted by Gasteiger charge is -2.21. The number of amides is 2. The Labute approximate surface area is 152 Å². The standard InChI is InChI=1S/C17H22N2O4S2/c1-11-17(21)19-14-10-13(6-7-15(14)24-11)25(22,23)9-8-16(20)18-12-4-2-3-5-12/h6-7,10-12H,2-5,8-9H2,1H3,(H,18,20)(H,19,21). The Morgan fingerprint density at radius 3 is 2.76 bits per heavy atom. The molecule has 0 spiro atoms. The maximum absolute atomic E-state index is 12.5. The molecule has 25 heavy (non-hydrogen) atoms. The molecule has 0 aromatic heterocycles. The number of hydrogen-bond acceptors (Lipinski definition) is 5. The van der Waals surface area contributed by atoms with Crippen LogP contribution in [0.2, 0.25) is 0 Å². The summed E-state index contributed by atoms with van der Waals surface area (Å²) in [5, 5.41) is 5.43. The third-order valence-corrected chi connectivity index (χ3v) is 7.45. The topological polar surface area (TPSA) is 92.3 Å². The van der Waals surface area contributed by atoms with Crippen LogP contribution >= 0.6 is 11.8 Å². The van der Waals surface area contributed by atoms with Crippen LogP contribution in [0.25, 0.3) is 0 Å². The van der Waals surface area contributed by atoms with E-state index in [2.05, 4.69) is 10.6 Å². The Hall–Kier alpha value is -1.54. The number of sulfone groups is 1. The second kappa shape index (κ2) is 7.37. The van der Waals surface area contributed by atoms with Crippen LogP contribution in [0.3, 0.4) is 0 Å². The van der Waals surface area contributed by atoms with E-state index in [0.717, 1.165) is 30.6 Å². The van der Waals surface area contributed by atoms with Crippen molar-refractivity contribution in [1.82, 2.24) is 5.32 Å². The van der Waals surface area contributed by atoms with Gasteiger partial charge in [-0.1, -0.05) is 12.8 Å². The molecule has 6 nitrogen and oxygen atoms in total. The predicted octanol–water partition coefficient (Wildman–Crippen LogP) is 2.34. The Balaban J connectivity index is 1.65. The van der Waals surface area contributed by atoms with Crippen molar-refractivity contribution in [3.05, 3.63) is 18.2 Å². The molecule has 8 heteroatoms. The molecule has 1 saturated carbocycles. The first-order chi connectivity index (χ1) is 11.8. The lowest BCUT2D eigenvalue weighted by atomic mass is 10.2. The van der Waals surface area contributed by atoms with Crippen molar-refractivity contribution in [1.29, 1.82) is 0 Å². The minimum atomic E-state index is -3.57. The van der Waals surface area contributed by atoms with E-state index in [1.165, 1.54) is 17.8 Å². The van der Waals surface area contributed by atoms with Crippen LogP contribution in [-0.2, 0) is 19.4 Å². The van der Waals surface area contributed by atoms with Gasteiger partial charge in [-0.05, 0) is 38.0 Å². The number of carbonyl (C=O) groups is 2. The van der Waals surface area contributed by atoms with Gasteiger partial charge in [-0.2, -0.15) is 0 Å². The molecule has 2 N–H and O–H groups in total. The van der Waals surface area contributed by atoms with Crippen LogP contribution in [0.4, 0.5) is 5.69 Å². The van der Waals surface area contributed by atoms with Gasteiger partial charge in [0.25, 0.3) is 0 Å². The summed E-state index contributed by atoms with van der Waals surface area (Å²) < 4.78 is 25.0. The summed E-state index contributed by atoms with van der Waals surface area (Å²) in [4.78, 5) is 24.7. The molecular formula is C17H22N2O4S2. The third-order valence-electron chi connectivity index (χ3n) is 4.56. The van der Waals surface area contributed by atoms with Crippen LogP contribution in [0, 0.1) is 0 Å². The van der Waals surface area contributed by atoms with Gasteiger partial charge in [0.05, 0.1) is 21.6 Å². The fourth-order valence-corrected chi connectivity index (χ4v) is 5.29. The second-order valence-electron chi connectivity index (χ2n) is 6.53.